The van der Waals surface area contributed by atoms with Crippen LogP contribution < -0.4 is 0 Å². The van der Waals surface area contributed by atoms with Gasteiger partial charge in [0, 0.05) is 35.9 Å². The van der Waals surface area contributed by atoms with Gasteiger partial charge in [0.1, 0.15) is 10.7 Å². The van der Waals surface area contributed by atoms with E-state index in [1.807, 2.05) is 24.4 Å². The van der Waals surface area contributed by atoms with Crippen LogP contribution >= 0.6 is 11.3 Å². The normalized spacial score (nSPS) is 15.0. The number of esters is 1. The summed E-state index contributed by atoms with van der Waals surface area (Å²) in [5, 5.41) is 3.87. The molecule has 0 unspecified atom stereocenters. The molecule has 1 saturated heterocycles. The van der Waals surface area contributed by atoms with Crippen molar-refractivity contribution in [3.8, 4) is 10.7 Å². The van der Waals surface area contributed by atoms with Gasteiger partial charge in [0.05, 0.1) is 18.2 Å². The summed E-state index contributed by atoms with van der Waals surface area (Å²) >= 11 is 1.50. The van der Waals surface area contributed by atoms with Crippen molar-refractivity contribution < 1.29 is 14.3 Å². The van der Waals surface area contributed by atoms with Gasteiger partial charge in [-0.15, -0.1) is 11.3 Å². The number of hydrogen-bond acceptors (Lipinski definition) is 5. The van der Waals surface area contributed by atoms with E-state index in [1.54, 1.807) is 4.90 Å². The molecule has 1 aliphatic heterocycles. The summed E-state index contributed by atoms with van der Waals surface area (Å²) in [6.07, 6.45) is 1.29. The molecule has 1 fully saturated rings. The summed E-state index contributed by atoms with van der Waals surface area (Å²) in [5.41, 5.74) is 2.69. The number of piperidine rings is 1. The van der Waals surface area contributed by atoms with Crippen LogP contribution in [0.1, 0.15) is 37.2 Å². The molecule has 0 spiro atoms. The van der Waals surface area contributed by atoms with Crippen LogP contribution in [0.5, 0.6) is 0 Å². The van der Waals surface area contributed by atoms with E-state index in [-0.39, 0.29) is 17.8 Å². The Labute approximate surface area is 174 Å². The number of amides is 1. The minimum Gasteiger partial charge on any atom is -0.466 e. The number of fused-ring (bicyclic) bond motifs is 1. The molecule has 29 heavy (non-hydrogen) atoms. The van der Waals surface area contributed by atoms with Crippen molar-refractivity contribution in [2.24, 2.45) is 5.92 Å². The lowest BCUT2D eigenvalue weighted by molar-refractivity contribution is -0.149. The second kappa shape index (κ2) is 8.37. The van der Waals surface area contributed by atoms with Crippen molar-refractivity contribution in [3.05, 3.63) is 41.4 Å². The van der Waals surface area contributed by atoms with Crippen molar-refractivity contribution in [2.45, 2.75) is 33.2 Å². The quantitative estimate of drug-likeness (QED) is 0.590. The predicted octanol–water partition coefficient (Wildman–Crippen LogP) is 4.20. The third-order valence-corrected chi connectivity index (χ3v) is 6.34. The van der Waals surface area contributed by atoms with E-state index in [4.69, 9.17) is 4.74 Å². The van der Waals surface area contributed by atoms with Gasteiger partial charge >= 0.3 is 5.97 Å². The molecule has 0 saturated carbocycles. The first-order valence-corrected chi connectivity index (χ1v) is 11.0. The minimum atomic E-state index is -0.150. The van der Waals surface area contributed by atoms with Gasteiger partial charge in [0.2, 0.25) is 0 Å². The summed E-state index contributed by atoms with van der Waals surface area (Å²) in [4.78, 5) is 31.3. The van der Waals surface area contributed by atoms with Crippen molar-refractivity contribution >= 4 is 34.1 Å². The van der Waals surface area contributed by atoms with Gasteiger partial charge < -0.3 is 14.2 Å². The van der Waals surface area contributed by atoms with Crippen LogP contribution in [0.4, 0.5) is 0 Å². The molecule has 0 bridgehead atoms. The third-order valence-electron chi connectivity index (χ3n) is 5.47. The maximum Gasteiger partial charge on any atom is 0.309 e. The average molecular weight is 412 g/mol. The summed E-state index contributed by atoms with van der Waals surface area (Å²) in [7, 11) is 0. The van der Waals surface area contributed by atoms with E-state index in [2.05, 4.69) is 34.7 Å². The molecule has 1 amide bonds. The number of benzene rings is 1. The number of para-hydroxylation sites is 1. The standard InChI is InChI=1S/C22H25N3O3S/c1-3-25-18-8-6-5-7-16(18)13-19(25)20-23-17(14-29-20)21(26)24-11-9-15(10-12-24)22(27)28-4-2/h5-8,13-15H,3-4,9-12H2,1-2H3. The zero-order valence-corrected chi connectivity index (χ0v) is 17.6. The van der Waals surface area contributed by atoms with E-state index in [9.17, 15) is 9.59 Å². The average Bonchev–Trinajstić information content (AvgIpc) is 3.38. The Morgan fingerprint density at radius 1 is 1.21 bits per heavy atom. The van der Waals surface area contributed by atoms with Gasteiger partial charge in [-0.25, -0.2) is 4.98 Å². The van der Waals surface area contributed by atoms with E-state index in [0.29, 0.717) is 38.2 Å². The molecule has 3 heterocycles. The van der Waals surface area contributed by atoms with Crippen LogP contribution in [-0.4, -0.2) is 46.0 Å². The maximum absolute atomic E-state index is 12.9. The fourth-order valence-electron chi connectivity index (χ4n) is 3.96. The van der Waals surface area contributed by atoms with E-state index in [0.717, 1.165) is 17.2 Å². The molecule has 3 aromatic rings. The molecule has 0 N–H and O–H groups in total. The molecule has 0 atom stereocenters. The molecule has 4 rings (SSSR count). The molecule has 7 heteroatoms. The number of ether oxygens (including phenoxy) is 1. The first kappa shape index (κ1) is 19.6. The van der Waals surface area contributed by atoms with Gasteiger partial charge in [-0.05, 0) is 38.8 Å². The van der Waals surface area contributed by atoms with Crippen LogP contribution in [0, 0.1) is 5.92 Å². The van der Waals surface area contributed by atoms with E-state index >= 15 is 0 Å². The number of likely N-dealkylation sites (tertiary alicyclic amines) is 1. The molecular formula is C22H25N3O3S. The van der Waals surface area contributed by atoms with E-state index < -0.39 is 0 Å². The lowest BCUT2D eigenvalue weighted by Gasteiger charge is -2.30. The van der Waals surface area contributed by atoms with Crippen LogP contribution in [0.2, 0.25) is 0 Å². The molecule has 152 valence electrons. The number of aromatic nitrogens is 2. The highest BCUT2D eigenvalue weighted by molar-refractivity contribution is 7.13. The maximum atomic E-state index is 12.9. The smallest absolute Gasteiger partial charge is 0.309 e. The SMILES string of the molecule is CCOC(=O)C1CCN(C(=O)c2csc(-c3cc4ccccc4n3CC)n2)CC1. The Bertz CT molecular complexity index is 1030. The largest absolute Gasteiger partial charge is 0.466 e. The number of carbonyl (C=O) groups excluding carboxylic acids is 2. The van der Waals surface area contributed by atoms with Crippen molar-refractivity contribution in [1.29, 1.82) is 0 Å². The Hall–Kier alpha value is -2.67. The molecule has 0 radical (unpaired) electrons. The molecule has 0 aliphatic carbocycles. The summed E-state index contributed by atoms with van der Waals surface area (Å²) in [6, 6.07) is 10.4. The molecule has 1 aromatic carbocycles. The Balaban J connectivity index is 1.50. The molecule has 6 nitrogen and oxygen atoms in total. The Kier molecular flexibility index (Phi) is 5.67. The zero-order valence-electron chi connectivity index (χ0n) is 16.8. The second-order valence-electron chi connectivity index (χ2n) is 7.19. The third kappa shape index (κ3) is 3.79. The van der Waals surface area contributed by atoms with Gasteiger partial charge in [-0.3, -0.25) is 9.59 Å². The van der Waals surface area contributed by atoms with E-state index in [1.165, 1.54) is 22.2 Å². The molecule has 1 aliphatic rings. The number of carbonyl (C=O) groups is 2. The van der Waals surface area contributed by atoms with Crippen LogP contribution in [0.15, 0.2) is 35.7 Å². The highest BCUT2D eigenvalue weighted by Crippen LogP contribution is 2.31. The highest BCUT2D eigenvalue weighted by atomic mass is 32.1. The zero-order chi connectivity index (χ0) is 20.4. The molecular weight excluding hydrogens is 386 g/mol. The van der Waals surface area contributed by atoms with Gasteiger partial charge in [0.15, 0.2) is 0 Å². The monoisotopic (exact) mass is 411 g/mol. The minimum absolute atomic E-state index is 0.0611. The lowest BCUT2D eigenvalue weighted by Crippen LogP contribution is -2.40. The number of rotatable bonds is 5. The number of nitrogens with zero attached hydrogens (tertiary/aromatic N) is 3. The summed E-state index contributed by atoms with van der Waals surface area (Å²) in [5.74, 6) is -0.317. The van der Waals surface area contributed by atoms with Crippen LogP contribution in [0.25, 0.3) is 21.6 Å². The van der Waals surface area contributed by atoms with Crippen LogP contribution in [-0.2, 0) is 16.1 Å². The Morgan fingerprint density at radius 2 is 1.97 bits per heavy atom. The summed E-state index contributed by atoms with van der Waals surface area (Å²) < 4.78 is 7.33. The fourth-order valence-corrected chi connectivity index (χ4v) is 4.78. The van der Waals surface area contributed by atoms with Gasteiger partial charge in [-0.2, -0.15) is 0 Å². The lowest BCUT2D eigenvalue weighted by atomic mass is 9.97. The first-order valence-electron chi connectivity index (χ1n) is 10.1. The number of aryl methyl sites for hydroxylation is 1. The van der Waals surface area contributed by atoms with Crippen molar-refractivity contribution in [2.75, 3.05) is 19.7 Å². The van der Waals surface area contributed by atoms with Crippen LogP contribution in [0.3, 0.4) is 0 Å². The predicted molar refractivity (Wildman–Crippen MR) is 114 cm³/mol. The molecule has 2 aromatic heterocycles. The summed E-state index contributed by atoms with van der Waals surface area (Å²) in [6.45, 7) is 6.29. The van der Waals surface area contributed by atoms with Gasteiger partial charge in [-0.1, -0.05) is 18.2 Å². The fraction of sp³-hybridized carbons (Fsp3) is 0.409. The first-order chi connectivity index (χ1) is 14.1. The highest BCUT2D eigenvalue weighted by Gasteiger charge is 2.29. The number of hydrogen-bond donors (Lipinski definition) is 0. The topological polar surface area (TPSA) is 64.4 Å². The van der Waals surface area contributed by atoms with Gasteiger partial charge in [0.25, 0.3) is 5.91 Å². The van der Waals surface area contributed by atoms with Crippen molar-refractivity contribution in [1.82, 2.24) is 14.5 Å². The van der Waals surface area contributed by atoms with Crippen molar-refractivity contribution in [3.63, 3.8) is 0 Å². The number of thiazole rings is 1. The second-order valence-corrected chi connectivity index (χ2v) is 8.05. The Morgan fingerprint density at radius 3 is 2.69 bits per heavy atom.